The molecule has 3 heterocycles. The first-order valence-corrected chi connectivity index (χ1v) is 11.0. The van der Waals surface area contributed by atoms with Crippen molar-refractivity contribution < 1.29 is 14.0 Å². The van der Waals surface area contributed by atoms with Crippen LogP contribution < -0.4 is 15.1 Å². The van der Waals surface area contributed by atoms with Crippen LogP contribution in [0.5, 0.6) is 0 Å². The van der Waals surface area contributed by atoms with E-state index in [0.717, 1.165) is 23.7 Å². The number of thiophene rings is 1. The van der Waals surface area contributed by atoms with Crippen LogP contribution in [0.1, 0.15) is 17.7 Å². The second-order valence-electron chi connectivity index (χ2n) is 7.49. The largest absolute Gasteiger partial charge is 0.372 e. The number of para-hydroxylation sites is 1. The Morgan fingerprint density at radius 3 is 2.29 bits per heavy atom. The van der Waals surface area contributed by atoms with Crippen molar-refractivity contribution >= 4 is 45.8 Å². The molecule has 2 amide bonds. The summed E-state index contributed by atoms with van der Waals surface area (Å²) in [6.07, 6.45) is 2.39. The highest BCUT2D eigenvalue weighted by atomic mass is 32.1. The molecule has 1 N–H and O–H groups in total. The van der Waals surface area contributed by atoms with Gasteiger partial charge in [0, 0.05) is 29.3 Å². The maximum atomic E-state index is 14.4. The standard InChI is InChI=1S/C24H20FN3O2S/c25-18-6-1-2-7-19(18)28-23(29)21(20-8-5-15-31-20)22(24(28)30)26-16-9-11-17(12-10-16)27-13-3-4-14-27/h1-2,5-12,15,26H,3-4,13-14H2. The highest BCUT2D eigenvalue weighted by Gasteiger charge is 2.41. The van der Waals surface area contributed by atoms with Crippen LogP contribution in [0.15, 0.2) is 71.7 Å². The predicted molar refractivity (Wildman–Crippen MR) is 122 cm³/mol. The molecule has 0 bridgehead atoms. The fraction of sp³-hybridized carbons (Fsp3) is 0.167. The highest BCUT2D eigenvalue weighted by molar-refractivity contribution is 7.11. The SMILES string of the molecule is O=C1C(Nc2ccc(N3CCCC3)cc2)=C(c2cccs2)C(=O)N1c1ccccc1F. The fourth-order valence-corrected chi connectivity index (χ4v) is 4.79. The molecule has 2 aliphatic rings. The molecule has 0 spiro atoms. The van der Waals surface area contributed by atoms with Gasteiger partial charge >= 0.3 is 0 Å². The Morgan fingerprint density at radius 2 is 1.61 bits per heavy atom. The smallest absolute Gasteiger partial charge is 0.282 e. The Balaban J connectivity index is 1.50. The quantitative estimate of drug-likeness (QED) is 0.583. The van der Waals surface area contributed by atoms with Crippen molar-refractivity contribution in [1.82, 2.24) is 0 Å². The number of imide groups is 1. The molecule has 1 fully saturated rings. The maximum absolute atomic E-state index is 14.4. The van der Waals surface area contributed by atoms with Gasteiger partial charge in [0.15, 0.2) is 0 Å². The monoisotopic (exact) mass is 433 g/mol. The van der Waals surface area contributed by atoms with E-state index in [1.165, 1.54) is 42.4 Å². The summed E-state index contributed by atoms with van der Waals surface area (Å²) in [6, 6.07) is 17.2. The summed E-state index contributed by atoms with van der Waals surface area (Å²) in [6.45, 7) is 2.09. The molecule has 2 aromatic carbocycles. The van der Waals surface area contributed by atoms with E-state index in [-0.39, 0.29) is 17.0 Å². The van der Waals surface area contributed by atoms with E-state index in [4.69, 9.17) is 0 Å². The molecule has 156 valence electrons. The number of nitrogens with one attached hydrogen (secondary N) is 1. The molecule has 5 rings (SSSR count). The lowest BCUT2D eigenvalue weighted by Crippen LogP contribution is -2.33. The Morgan fingerprint density at radius 1 is 0.871 bits per heavy atom. The van der Waals surface area contributed by atoms with Crippen molar-refractivity contribution in [3.63, 3.8) is 0 Å². The Bertz CT molecular complexity index is 1170. The summed E-state index contributed by atoms with van der Waals surface area (Å²) in [7, 11) is 0. The molecule has 1 aromatic heterocycles. The van der Waals surface area contributed by atoms with Gasteiger partial charge in [-0.2, -0.15) is 0 Å². The lowest BCUT2D eigenvalue weighted by molar-refractivity contribution is -0.120. The van der Waals surface area contributed by atoms with Crippen molar-refractivity contribution in [3.05, 3.63) is 82.4 Å². The summed E-state index contributed by atoms with van der Waals surface area (Å²) in [5.74, 6) is -1.72. The second kappa shape index (κ2) is 8.00. The third kappa shape index (κ3) is 3.51. The summed E-state index contributed by atoms with van der Waals surface area (Å²) in [5.41, 5.74) is 2.20. The molecule has 7 heteroatoms. The second-order valence-corrected chi connectivity index (χ2v) is 8.44. The van der Waals surface area contributed by atoms with Gasteiger partial charge in [0.2, 0.25) is 0 Å². The third-order valence-corrected chi connectivity index (χ3v) is 6.44. The normalized spacial score (nSPS) is 16.5. The zero-order valence-electron chi connectivity index (χ0n) is 16.7. The van der Waals surface area contributed by atoms with E-state index in [2.05, 4.69) is 10.2 Å². The van der Waals surface area contributed by atoms with Gasteiger partial charge in [-0.1, -0.05) is 18.2 Å². The molecule has 0 unspecified atom stereocenters. The summed E-state index contributed by atoms with van der Waals surface area (Å²) >= 11 is 1.36. The molecule has 2 aliphatic heterocycles. The number of hydrogen-bond acceptors (Lipinski definition) is 5. The zero-order valence-corrected chi connectivity index (χ0v) is 17.5. The lowest BCUT2D eigenvalue weighted by atomic mass is 10.1. The van der Waals surface area contributed by atoms with E-state index < -0.39 is 17.6 Å². The van der Waals surface area contributed by atoms with Crippen molar-refractivity contribution in [2.24, 2.45) is 0 Å². The van der Waals surface area contributed by atoms with Crippen molar-refractivity contribution in [1.29, 1.82) is 0 Å². The minimum Gasteiger partial charge on any atom is -0.372 e. The van der Waals surface area contributed by atoms with Crippen LogP contribution in [0.3, 0.4) is 0 Å². The molecule has 3 aromatic rings. The molecular weight excluding hydrogens is 413 g/mol. The van der Waals surface area contributed by atoms with Gasteiger partial charge in [0.25, 0.3) is 11.8 Å². The number of rotatable bonds is 5. The summed E-state index contributed by atoms with van der Waals surface area (Å²) < 4.78 is 14.4. The predicted octanol–water partition coefficient (Wildman–Crippen LogP) is 4.88. The summed E-state index contributed by atoms with van der Waals surface area (Å²) in [5, 5.41) is 4.97. The van der Waals surface area contributed by atoms with E-state index in [0.29, 0.717) is 10.6 Å². The average molecular weight is 434 g/mol. The van der Waals surface area contributed by atoms with Gasteiger partial charge in [0.05, 0.1) is 11.3 Å². The maximum Gasteiger partial charge on any atom is 0.282 e. The Labute approximate surface area is 183 Å². The molecule has 5 nitrogen and oxygen atoms in total. The zero-order chi connectivity index (χ0) is 21.4. The molecular formula is C24H20FN3O2S. The molecule has 0 radical (unpaired) electrons. The van der Waals surface area contributed by atoms with E-state index >= 15 is 0 Å². The number of carbonyl (C=O) groups is 2. The van der Waals surface area contributed by atoms with E-state index in [9.17, 15) is 14.0 Å². The number of amides is 2. The van der Waals surface area contributed by atoms with E-state index in [1.807, 2.05) is 35.7 Å². The van der Waals surface area contributed by atoms with Crippen LogP contribution in [-0.2, 0) is 9.59 Å². The number of nitrogens with zero attached hydrogens (tertiary/aromatic N) is 2. The highest BCUT2D eigenvalue weighted by Crippen LogP contribution is 2.36. The first-order chi connectivity index (χ1) is 15.1. The van der Waals surface area contributed by atoms with Crippen molar-refractivity contribution in [2.45, 2.75) is 12.8 Å². The Hall–Kier alpha value is -3.45. The number of hydrogen-bond donors (Lipinski definition) is 1. The van der Waals surface area contributed by atoms with Crippen LogP contribution in [0.25, 0.3) is 5.57 Å². The van der Waals surface area contributed by atoms with Crippen LogP contribution in [-0.4, -0.2) is 24.9 Å². The van der Waals surface area contributed by atoms with Crippen LogP contribution >= 0.6 is 11.3 Å². The van der Waals surface area contributed by atoms with Crippen LogP contribution in [0.4, 0.5) is 21.5 Å². The third-order valence-electron chi connectivity index (χ3n) is 5.55. The van der Waals surface area contributed by atoms with Crippen LogP contribution in [0.2, 0.25) is 0 Å². The van der Waals surface area contributed by atoms with Crippen LogP contribution in [0, 0.1) is 5.82 Å². The Kier molecular flexibility index (Phi) is 5.03. The average Bonchev–Trinajstić information content (AvgIpc) is 3.53. The number of halogens is 1. The first kappa shape index (κ1) is 19.5. The lowest BCUT2D eigenvalue weighted by Gasteiger charge is -2.18. The van der Waals surface area contributed by atoms with Gasteiger partial charge in [-0.3, -0.25) is 9.59 Å². The molecule has 0 saturated carbocycles. The van der Waals surface area contributed by atoms with Gasteiger partial charge in [-0.15, -0.1) is 11.3 Å². The van der Waals surface area contributed by atoms with Gasteiger partial charge in [0.1, 0.15) is 11.5 Å². The number of carbonyl (C=O) groups excluding carboxylic acids is 2. The van der Waals surface area contributed by atoms with Gasteiger partial charge in [-0.25, -0.2) is 9.29 Å². The van der Waals surface area contributed by atoms with Crippen molar-refractivity contribution in [2.75, 3.05) is 28.2 Å². The first-order valence-electron chi connectivity index (χ1n) is 10.2. The van der Waals surface area contributed by atoms with Gasteiger partial charge < -0.3 is 10.2 Å². The molecule has 0 atom stereocenters. The molecule has 31 heavy (non-hydrogen) atoms. The van der Waals surface area contributed by atoms with Gasteiger partial charge in [-0.05, 0) is 60.7 Å². The van der Waals surface area contributed by atoms with Crippen molar-refractivity contribution in [3.8, 4) is 0 Å². The minimum absolute atomic E-state index is 0.0484. The minimum atomic E-state index is -0.619. The fourth-order valence-electron chi connectivity index (χ4n) is 4.02. The summed E-state index contributed by atoms with van der Waals surface area (Å²) in [4.78, 5) is 30.4. The molecule has 0 aliphatic carbocycles. The molecule has 1 saturated heterocycles. The van der Waals surface area contributed by atoms with E-state index in [1.54, 1.807) is 12.1 Å². The topological polar surface area (TPSA) is 52.7 Å². The number of anilines is 3. The number of benzene rings is 2.